The summed E-state index contributed by atoms with van der Waals surface area (Å²) in [6.45, 7) is 9.06. The van der Waals surface area contributed by atoms with Crippen LogP contribution in [0.1, 0.15) is 84.8 Å². The van der Waals surface area contributed by atoms with E-state index in [4.69, 9.17) is 14.9 Å². The predicted octanol–water partition coefficient (Wildman–Crippen LogP) is 7.20. The second-order valence-electron chi connectivity index (χ2n) is 14.2. The van der Waals surface area contributed by atoms with Gasteiger partial charge in [-0.05, 0) is 72.6 Å². The summed E-state index contributed by atoms with van der Waals surface area (Å²) in [6, 6.07) is 8.46. The Balaban J connectivity index is 0.000000679. The number of piperidine rings is 1. The van der Waals surface area contributed by atoms with E-state index in [2.05, 4.69) is 52.2 Å². The Hall–Kier alpha value is -4.09. The first-order chi connectivity index (χ1) is 24.3. The first-order valence-electron chi connectivity index (χ1n) is 16.8. The number of alkyl halides is 6. The van der Waals surface area contributed by atoms with Crippen LogP contribution in [0.25, 0.3) is 21.5 Å². The number of aromatic nitrogens is 4. The molecule has 52 heavy (non-hydrogen) atoms. The number of hydrogen-bond acceptors (Lipinski definition) is 8. The van der Waals surface area contributed by atoms with Crippen LogP contribution < -0.4 is 5.32 Å². The zero-order valence-corrected chi connectivity index (χ0v) is 29.6. The second kappa shape index (κ2) is 15.5. The van der Waals surface area contributed by atoms with Gasteiger partial charge in [0, 0.05) is 30.9 Å². The molecular formula is C35H40F6N6O4S. The Kier molecular flexibility index (Phi) is 11.7. The molecule has 6 rings (SSSR count). The van der Waals surface area contributed by atoms with Gasteiger partial charge in [-0.25, -0.2) is 14.8 Å². The molecule has 2 atom stereocenters. The number of carboxylic acids is 1. The lowest BCUT2D eigenvalue weighted by Gasteiger charge is -2.34. The number of likely N-dealkylation sites (tertiary alicyclic amines) is 1. The molecule has 0 saturated carbocycles. The van der Waals surface area contributed by atoms with Crippen LogP contribution in [0.4, 0.5) is 26.3 Å². The Morgan fingerprint density at radius 1 is 1.04 bits per heavy atom. The monoisotopic (exact) mass is 754 g/mol. The molecule has 17 heteroatoms. The van der Waals surface area contributed by atoms with Crippen LogP contribution in [0.2, 0.25) is 0 Å². The number of aliphatic carboxylic acids is 1. The Bertz CT molecular complexity index is 1860. The van der Waals surface area contributed by atoms with E-state index in [0.717, 1.165) is 54.0 Å². The van der Waals surface area contributed by atoms with Gasteiger partial charge in [-0.2, -0.15) is 31.4 Å². The molecule has 1 amide bonds. The Morgan fingerprint density at radius 3 is 2.29 bits per heavy atom. The fourth-order valence-electron chi connectivity index (χ4n) is 6.46. The summed E-state index contributed by atoms with van der Waals surface area (Å²) in [6.07, 6.45) is -3.79. The molecule has 0 bridgehead atoms. The van der Waals surface area contributed by atoms with E-state index in [1.807, 2.05) is 0 Å². The number of thiazole rings is 1. The summed E-state index contributed by atoms with van der Waals surface area (Å²) < 4.78 is 72.1. The minimum absolute atomic E-state index is 0.0278. The molecule has 0 radical (unpaired) electrons. The van der Waals surface area contributed by atoms with Crippen molar-refractivity contribution in [2.75, 3.05) is 19.6 Å². The average molecular weight is 755 g/mol. The highest BCUT2D eigenvalue weighted by Crippen LogP contribution is 2.39. The first kappa shape index (κ1) is 39.1. The largest absolute Gasteiger partial charge is 0.490 e. The van der Waals surface area contributed by atoms with E-state index < -0.39 is 30.1 Å². The van der Waals surface area contributed by atoms with Crippen molar-refractivity contribution in [3.05, 3.63) is 64.1 Å². The molecule has 4 aromatic rings. The molecule has 10 nitrogen and oxygen atoms in total. The van der Waals surface area contributed by atoms with E-state index in [0.29, 0.717) is 42.3 Å². The van der Waals surface area contributed by atoms with Gasteiger partial charge in [0.1, 0.15) is 16.0 Å². The van der Waals surface area contributed by atoms with Crippen molar-refractivity contribution in [3.63, 3.8) is 0 Å². The van der Waals surface area contributed by atoms with Crippen molar-refractivity contribution in [1.82, 2.24) is 30.4 Å². The quantitative estimate of drug-likeness (QED) is 0.145. The van der Waals surface area contributed by atoms with Crippen molar-refractivity contribution in [1.29, 1.82) is 0 Å². The molecular weight excluding hydrogens is 714 g/mol. The number of aliphatic hydroxyl groups is 1. The number of halogens is 6. The topological polar surface area (TPSA) is 144 Å². The summed E-state index contributed by atoms with van der Waals surface area (Å²) in [5, 5.41) is 26.2. The number of carbonyl (C=O) groups excluding carboxylic acids is 1. The number of aliphatic hydroxyl groups excluding tert-OH is 1. The molecule has 4 heterocycles. The Morgan fingerprint density at radius 2 is 1.69 bits per heavy atom. The van der Waals surface area contributed by atoms with Gasteiger partial charge in [-0.3, -0.25) is 9.89 Å². The number of carbonyl (C=O) groups is 2. The number of H-pyrrole nitrogens is 1. The summed E-state index contributed by atoms with van der Waals surface area (Å²) >= 11 is 1.28. The molecule has 3 aromatic heterocycles. The smallest absolute Gasteiger partial charge is 0.475 e. The van der Waals surface area contributed by atoms with Crippen LogP contribution in [0, 0.1) is 11.3 Å². The molecule has 1 aromatic carbocycles. The zero-order valence-electron chi connectivity index (χ0n) is 28.7. The van der Waals surface area contributed by atoms with Gasteiger partial charge in [0.15, 0.2) is 5.01 Å². The van der Waals surface area contributed by atoms with Crippen molar-refractivity contribution in [2.45, 2.75) is 83.8 Å². The zero-order chi connectivity index (χ0) is 38.0. The van der Waals surface area contributed by atoms with Crippen LogP contribution in [-0.2, 0) is 23.8 Å². The fraction of sp³-hybridized carbons (Fsp3) is 0.514. The lowest BCUT2D eigenvalue weighted by Crippen LogP contribution is -2.38. The third kappa shape index (κ3) is 9.66. The number of fused-ring (bicyclic) bond motifs is 2. The van der Waals surface area contributed by atoms with Crippen molar-refractivity contribution >= 4 is 33.6 Å². The maximum Gasteiger partial charge on any atom is 0.490 e. The molecule has 282 valence electrons. The maximum absolute atomic E-state index is 13.6. The number of aryl methyl sites for hydroxylation is 1. The van der Waals surface area contributed by atoms with Gasteiger partial charge >= 0.3 is 18.3 Å². The highest BCUT2D eigenvalue weighted by Gasteiger charge is 2.38. The first-order valence-corrected chi connectivity index (χ1v) is 17.6. The van der Waals surface area contributed by atoms with Crippen LogP contribution in [-0.4, -0.2) is 79.1 Å². The van der Waals surface area contributed by atoms with Gasteiger partial charge in [-0.1, -0.05) is 56.4 Å². The van der Waals surface area contributed by atoms with E-state index in [1.54, 1.807) is 24.3 Å². The number of nitrogens with zero attached hydrogens (tertiary/aromatic N) is 4. The number of benzene rings is 1. The number of aromatic amines is 1. The Labute approximate surface area is 299 Å². The molecule has 2 aliphatic rings. The third-order valence-electron chi connectivity index (χ3n) is 9.55. The lowest BCUT2D eigenvalue weighted by atomic mass is 9.71. The van der Waals surface area contributed by atoms with Crippen LogP contribution in [0.15, 0.2) is 36.5 Å². The standard InChI is InChI=1S/C33H39F3N6O2S.C2HF3O2/c1-32(2,3)22-8-9-25-21(16-22)17-27-30(39-25)45-31(40-27)29(44)38-26(12-15-42-13-10-23(43)11-14-42)20-6-4-19(5-7-20)24-18-37-41-28(24)33(34,35)36;3-2(4,5)1(6)7/h4-7,17-18,22-23,26,43H,8-16H2,1-3H3,(H,37,41)(H,38,44);(H,6,7)/t22-,26+;/m0./s1. The molecule has 1 fully saturated rings. The number of hydrogen-bond donors (Lipinski definition) is 4. The maximum atomic E-state index is 13.6. The molecule has 0 unspecified atom stereocenters. The van der Waals surface area contributed by atoms with Gasteiger partial charge < -0.3 is 20.4 Å². The summed E-state index contributed by atoms with van der Waals surface area (Å²) in [7, 11) is 0. The highest BCUT2D eigenvalue weighted by atomic mass is 32.1. The molecule has 1 aliphatic carbocycles. The summed E-state index contributed by atoms with van der Waals surface area (Å²) in [5.74, 6) is -2.50. The normalized spacial score (nSPS) is 18.0. The van der Waals surface area contributed by atoms with Crippen molar-refractivity contribution in [3.8, 4) is 11.1 Å². The second-order valence-corrected chi connectivity index (χ2v) is 15.2. The van der Waals surface area contributed by atoms with Gasteiger partial charge in [-0.15, -0.1) is 0 Å². The minimum atomic E-state index is -5.08. The van der Waals surface area contributed by atoms with E-state index in [1.165, 1.54) is 23.1 Å². The van der Waals surface area contributed by atoms with Crippen molar-refractivity contribution in [2.24, 2.45) is 11.3 Å². The SMILES string of the molecule is CC(C)(C)[C@H]1CCc2nc3sc(C(=O)N[C@H](CCN4CCC(O)CC4)c4ccc(-c5cn[nH]c5C(F)(F)F)cc4)nc3cc2C1.O=C(O)C(F)(F)F. The molecule has 0 spiro atoms. The third-order valence-corrected chi connectivity index (χ3v) is 10.5. The molecule has 1 aliphatic heterocycles. The van der Waals surface area contributed by atoms with Crippen LogP contribution in [0.3, 0.4) is 0 Å². The summed E-state index contributed by atoms with van der Waals surface area (Å²) in [5.41, 5.74) is 3.48. The number of amides is 1. The average Bonchev–Trinajstić information content (AvgIpc) is 3.74. The van der Waals surface area contributed by atoms with E-state index in [9.17, 15) is 36.2 Å². The lowest BCUT2D eigenvalue weighted by molar-refractivity contribution is -0.192. The van der Waals surface area contributed by atoms with Crippen LogP contribution in [0.5, 0.6) is 0 Å². The number of pyridine rings is 1. The van der Waals surface area contributed by atoms with E-state index >= 15 is 0 Å². The number of nitrogens with one attached hydrogen (secondary N) is 2. The molecule has 1 saturated heterocycles. The molecule has 4 N–H and O–H groups in total. The van der Waals surface area contributed by atoms with Gasteiger partial charge in [0.25, 0.3) is 5.91 Å². The van der Waals surface area contributed by atoms with Gasteiger partial charge in [0.2, 0.25) is 0 Å². The van der Waals surface area contributed by atoms with E-state index in [-0.39, 0.29) is 23.0 Å². The fourth-order valence-corrected chi connectivity index (χ4v) is 7.31. The summed E-state index contributed by atoms with van der Waals surface area (Å²) in [4.78, 5) is 35.1. The predicted molar refractivity (Wildman–Crippen MR) is 182 cm³/mol. The van der Waals surface area contributed by atoms with Crippen molar-refractivity contribution < 1.29 is 46.1 Å². The van der Waals surface area contributed by atoms with Gasteiger partial charge in [0.05, 0.1) is 18.3 Å². The number of rotatable bonds is 7. The minimum Gasteiger partial charge on any atom is -0.475 e. The highest BCUT2D eigenvalue weighted by molar-refractivity contribution is 7.19. The van der Waals surface area contributed by atoms with Crippen LogP contribution >= 0.6 is 11.3 Å². The number of carboxylic acid groups (broad SMARTS) is 1.